The van der Waals surface area contributed by atoms with Gasteiger partial charge in [-0.3, -0.25) is 0 Å². The Labute approximate surface area is 179 Å². The Balaban J connectivity index is 1.92. The number of hydrogen-bond acceptors (Lipinski definition) is 0. The first-order chi connectivity index (χ1) is 14.8. The summed E-state index contributed by atoms with van der Waals surface area (Å²) in [5, 5.41) is 3.14. The standard InChI is InChI=1S/C28H18ClN/c29-22-15-16-24-21(17-22)18-26-28(20-11-5-2-6-12-20)27(19-9-3-1-4-10-19)23-13-7-8-14-25(23)30(24)26/h1-18H. The summed E-state index contributed by atoms with van der Waals surface area (Å²) in [6, 6.07) is 38.4. The fraction of sp³-hybridized carbons (Fsp3) is 0. The zero-order chi connectivity index (χ0) is 20.1. The zero-order valence-electron chi connectivity index (χ0n) is 16.2. The molecule has 1 nitrogen and oxygen atoms in total. The van der Waals surface area contributed by atoms with Gasteiger partial charge in [-0.25, -0.2) is 0 Å². The number of pyridine rings is 1. The van der Waals surface area contributed by atoms with Gasteiger partial charge in [0.05, 0.1) is 16.6 Å². The van der Waals surface area contributed by atoms with E-state index in [2.05, 4.69) is 108 Å². The molecule has 0 aliphatic heterocycles. The lowest BCUT2D eigenvalue weighted by Crippen LogP contribution is -1.96. The number of aromatic nitrogens is 1. The molecule has 0 saturated carbocycles. The van der Waals surface area contributed by atoms with Crippen molar-refractivity contribution < 1.29 is 0 Å². The van der Waals surface area contributed by atoms with Crippen LogP contribution < -0.4 is 0 Å². The molecule has 0 atom stereocenters. The van der Waals surface area contributed by atoms with E-state index in [1.54, 1.807) is 0 Å². The van der Waals surface area contributed by atoms with Gasteiger partial charge in [-0.05, 0) is 41.5 Å². The second kappa shape index (κ2) is 6.76. The van der Waals surface area contributed by atoms with Crippen molar-refractivity contribution in [3.8, 4) is 22.3 Å². The Morgan fingerprint density at radius 1 is 0.500 bits per heavy atom. The Morgan fingerprint density at radius 2 is 1.13 bits per heavy atom. The van der Waals surface area contributed by atoms with Crippen molar-refractivity contribution in [2.45, 2.75) is 0 Å². The first-order valence-electron chi connectivity index (χ1n) is 10.1. The number of nitrogens with zero attached hydrogens (tertiary/aromatic N) is 1. The quantitative estimate of drug-likeness (QED) is 0.274. The third-order valence-electron chi connectivity index (χ3n) is 5.81. The second-order valence-corrected chi connectivity index (χ2v) is 8.00. The van der Waals surface area contributed by atoms with Crippen molar-refractivity contribution in [2.24, 2.45) is 0 Å². The minimum atomic E-state index is 0.757. The highest BCUT2D eigenvalue weighted by atomic mass is 35.5. The number of benzene rings is 4. The molecule has 6 aromatic rings. The molecule has 0 spiro atoms. The third-order valence-corrected chi connectivity index (χ3v) is 6.04. The Morgan fingerprint density at radius 3 is 1.87 bits per heavy atom. The summed E-state index contributed by atoms with van der Waals surface area (Å²) >= 11 is 6.34. The number of rotatable bonds is 2. The molecule has 4 aromatic carbocycles. The minimum Gasteiger partial charge on any atom is -0.309 e. The van der Waals surface area contributed by atoms with Gasteiger partial charge in [-0.2, -0.15) is 0 Å². The van der Waals surface area contributed by atoms with E-state index in [-0.39, 0.29) is 0 Å². The Hall–Kier alpha value is -3.55. The van der Waals surface area contributed by atoms with Gasteiger partial charge in [0.25, 0.3) is 0 Å². The molecule has 0 unspecified atom stereocenters. The van der Waals surface area contributed by atoms with Crippen LogP contribution in [0.3, 0.4) is 0 Å². The maximum Gasteiger partial charge on any atom is 0.0553 e. The molecule has 0 N–H and O–H groups in total. The lowest BCUT2D eigenvalue weighted by Gasteiger charge is -2.18. The number of hydrogen-bond donors (Lipinski definition) is 0. The van der Waals surface area contributed by atoms with Crippen molar-refractivity contribution >= 4 is 38.9 Å². The second-order valence-electron chi connectivity index (χ2n) is 7.57. The van der Waals surface area contributed by atoms with E-state index >= 15 is 0 Å². The van der Waals surface area contributed by atoms with Crippen LogP contribution in [0.25, 0.3) is 49.6 Å². The van der Waals surface area contributed by atoms with E-state index in [0.717, 1.165) is 10.4 Å². The van der Waals surface area contributed by atoms with Crippen LogP contribution in [0, 0.1) is 0 Å². The van der Waals surface area contributed by atoms with Crippen molar-refractivity contribution in [3.05, 3.63) is 114 Å². The van der Waals surface area contributed by atoms with Gasteiger partial charge in [0.2, 0.25) is 0 Å². The summed E-state index contributed by atoms with van der Waals surface area (Å²) < 4.78 is 2.37. The van der Waals surface area contributed by atoms with Gasteiger partial charge in [0.15, 0.2) is 0 Å². The molecule has 6 rings (SSSR count). The van der Waals surface area contributed by atoms with E-state index in [9.17, 15) is 0 Å². The number of fused-ring (bicyclic) bond motifs is 5. The normalized spacial score (nSPS) is 11.5. The molecule has 0 saturated heterocycles. The smallest absolute Gasteiger partial charge is 0.0553 e. The molecular formula is C28H18ClN. The highest BCUT2D eigenvalue weighted by molar-refractivity contribution is 6.31. The van der Waals surface area contributed by atoms with Crippen LogP contribution >= 0.6 is 11.6 Å². The van der Waals surface area contributed by atoms with Crippen LogP contribution in [-0.4, -0.2) is 4.40 Å². The van der Waals surface area contributed by atoms with Crippen molar-refractivity contribution in [1.29, 1.82) is 0 Å². The van der Waals surface area contributed by atoms with Gasteiger partial charge in [0.1, 0.15) is 0 Å². The summed E-state index contributed by atoms with van der Waals surface area (Å²) in [4.78, 5) is 0. The SMILES string of the molecule is Clc1ccc2c(c1)cc1c(-c3ccccc3)c(-c3ccccc3)c3ccccc3n12. The van der Waals surface area contributed by atoms with Crippen LogP contribution in [0.4, 0.5) is 0 Å². The molecule has 0 aliphatic carbocycles. The molecule has 142 valence electrons. The summed E-state index contributed by atoms with van der Waals surface area (Å²) in [5.41, 5.74) is 8.49. The average Bonchev–Trinajstić information content (AvgIpc) is 3.17. The molecule has 30 heavy (non-hydrogen) atoms. The minimum absolute atomic E-state index is 0.757. The molecule has 2 heteroatoms. The molecule has 0 amide bonds. The zero-order valence-corrected chi connectivity index (χ0v) is 17.0. The van der Waals surface area contributed by atoms with Crippen LogP contribution in [-0.2, 0) is 0 Å². The van der Waals surface area contributed by atoms with E-state index in [1.165, 1.54) is 44.2 Å². The Bertz CT molecular complexity index is 1530. The topological polar surface area (TPSA) is 4.41 Å². The highest BCUT2D eigenvalue weighted by Gasteiger charge is 2.19. The van der Waals surface area contributed by atoms with Crippen molar-refractivity contribution in [2.75, 3.05) is 0 Å². The maximum absolute atomic E-state index is 6.34. The molecular weight excluding hydrogens is 386 g/mol. The molecule has 0 fully saturated rings. The molecule has 0 radical (unpaired) electrons. The van der Waals surface area contributed by atoms with Gasteiger partial charge < -0.3 is 4.40 Å². The van der Waals surface area contributed by atoms with E-state index in [0.29, 0.717) is 0 Å². The third kappa shape index (κ3) is 2.56. The summed E-state index contributed by atoms with van der Waals surface area (Å²) in [5.74, 6) is 0. The average molecular weight is 404 g/mol. The van der Waals surface area contributed by atoms with Gasteiger partial charge in [-0.1, -0.05) is 90.5 Å². The monoisotopic (exact) mass is 403 g/mol. The van der Waals surface area contributed by atoms with Crippen LogP contribution in [0.15, 0.2) is 109 Å². The Kier molecular flexibility index (Phi) is 3.90. The summed E-state index contributed by atoms with van der Waals surface area (Å²) in [7, 11) is 0. The fourth-order valence-electron chi connectivity index (χ4n) is 4.57. The van der Waals surface area contributed by atoms with Crippen molar-refractivity contribution in [1.82, 2.24) is 4.40 Å². The lowest BCUT2D eigenvalue weighted by molar-refractivity contribution is 1.33. The van der Waals surface area contributed by atoms with Crippen molar-refractivity contribution in [3.63, 3.8) is 0 Å². The predicted molar refractivity (Wildman–Crippen MR) is 128 cm³/mol. The largest absolute Gasteiger partial charge is 0.309 e. The van der Waals surface area contributed by atoms with E-state index in [1.807, 2.05) is 6.07 Å². The highest BCUT2D eigenvalue weighted by Crippen LogP contribution is 2.43. The van der Waals surface area contributed by atoms with Crippen LogP contribution in [0.2, 0.25) is 5.02 Å². The lowest BCUT2D eigenvalue weighted by atomic mass is 9.91. The first kappa shape index (κ1) is 17.3. The maximum atomic E-state index is 6.34. The van der Waals surface area contributed by atoms with E-state index in [4.69, 9.17) is 11.6 Å². The van der Waals surface area contributed by atoms with Crippen LogP contribution in [0.1, 0.15) is 0 Å². The summed E-state index contributed by atoms with van der Waals surface area (Å²) in [6.07, 6.45) is 0. The van der Waals surface area contributed by atoms with E-state index < -0.39 is 0 Å². The van der Waals surface area contributed by atoms with Gasteiger partial charge in [0, 0.05) is 26.9 Å². The molecule has 0 aliphatic rings. The predicted octanol–water partition coefficient (Wildman–Crippen LogP) is 8.23. The molecule has 0 bridgehead atoms. The number of para-hydroxylation sites is 1. The number of halogens is 1. The van der Waals surface area contributed by atoms with Crippen LogP contribution in [0.5, 0.6) is 0 Å². The fourth-order valence-corrected chi connectivity index (χ4v) is 4.75. The molecule has 2 heterocycles. The van der Waals surface area contributed by atoms with Gasteiger partial charge in [-0.15, -0.1) is 0 Å². The first-order valence-corrected chi connectivity index (χ1v) is 10.5. The molecule has 2 aromatic heterocycles. The summed E-state index contributed by atoms with van der Waals surface area (Å²) in [6.45, 7) is 0. The van der Waals surface area contributed by atoms with Gasteiger partial charge >= 0.3 is 0 Å².